The molecule has 1 unspecified atom stereocenters. The summed E-state index contributed by atoms with van der Waals surface area (Å²) < 4.78 is 33.9. The van der Waals surface area contributed by atoms with E-state index in [0.29, 0.717) is 30.4 Å². The van der Waals surface area contributed by atoms with Gasteiger partial charge in [0, 0.05) is 25.3 Å². The van der Waals surface area contributed by atoms with E-state index in [-0.39, 0.29) is 16.8 Å². The summed E-state index contributed by atoms with van der Waals surface area (Å²) in [6.45, 7) is 3.19. The van der Waals surface area contributed by atoms with Crippen molar-refractivity contribution in [1.29, 1.82) is 0 Å². The van der Waals surface area contributed by atoms with Gasteiger partial charge in [-0.25, -0.2) is 13.4 Å². The number of hydrogen-bond acceptors (Lipinski definition) is 6. The first-order valence-corrected chi connectivity index (χ1v) is 13.0. The van der Waals surface area contributed by atoms with E-state index >= 15 is 0 Å². The summed E-state index contributed by atoms with van der Waals surface area (Å²) in [5, 5.41) is 0.590. The van der Waals surface area contributed by atoms with Crippen molar-refractivity contribution < 1.29 is 17.9 Å². The van der Waals surface area contributed by atoms with Crippen LogP contribution < -0.4 is 4.90 Å². The fourth-order valence-electron chi connectivity index (χ4n) is 3.93. The lowest BCUT2D eigenvalue weighted by Crippen LogP contribution is -2.41. The Bertz CT molecular complexity index is 1160. The van der Waals surface area contributed by atoms with Crippen LogP contribution in [0.3, 0.4) is 0 Å². The molecule has 4 rings (SSSR count). The highest BCUT2D eigenvalue weighted by Gasteiger charge is 2.31. The minimum atomic E-state index is -3.58. The van der Waals surface area contributed by atoms with Gasteiger partial charge in [0.25, 0.3) is 5.91 Å². The zero-order valence-corrected chi connectivity index (χ0v) is 19.9. The van der Waals surface area contributed by atoms with Gasteiger partial charge in [0.2, 0.25) is 10.0 Å². The Morgan fingerprint density at radius 3 is 2.62 bits per heavy atom. The fourth-order valence-corrected chi connectivity index (χ4v) is 6.62. The third-order valence-corrected chi connectivity index (χ3v) is 8.81. The average molecular weight is 474 g/mol. The molecular formula is C23H27N3O4S2. The third-order valence-electron chi connectivity index (χ3n) is 5.73. The Balaban J connectivity index is 1.60. The van der Waals surface area contributed by atoms with Crippen LogP contribution in [-0.2, 0) is 14.8 Å². The summed E-state index contributed by atoms with van der Waals surface area (Å²) in [5.74, 6) is -0.239. The molecule has 0 spiro atoms. The zero-order chi connectivity index (χ0) is 22.7. The monoisotopic (exact) mass is 473 g/mol. The largest absolute Gasteiger partial charge is 0.383 e. The number of amides is 1. The number of sulfonamides is 1. The van der Waals surface area contributed by atoms with Crippen molar-refractivity contribution in [2.45, 2.75) is 37.1 Å². The number of thiazole rings is 1. The summed E-state index contributed by atoms with van der Waals surface area (Å²) in [6, 6.07) is 13.9. The topological polar surface area (TPSA) is 79.8 Å². The van der Waals surface area contributed by atoms with Crippen LogP contribution in [0.4, 0.5) is 5.13 Å². The molecule has 0 N–H and O–H groups in total. The van der Waals surface area contributed by atoms with E-state index in [2.05, 4.69) is 4.98 Å². The molecule has 0 bridgehead atoms. The predicted octanol–water partition coefficient (Wildman–Crippen LogP) is 4.15. The van der Waals surface area contributed by atoms with Gasteiger partial charge in [-0.3, -0.25) is 9.69 Å². The van der Waals surface area contributed by atoms with Gasteiger partial charge < -0.3 is 4.74 Å². The second kappa shape index (κ2) is 9.66. The molecule has 0 aliphatic carbocycles. The molecule has 1 aliphatic heterocycles. The van der Waals surface area contributed by atoms with Crippen molar-refractivity contribution in [3.8, 4) is 0 Å². The van der Waals surface area contributed by atoms with Crippen LogP contribution in [0, 0.1) is 0 Å². The van der Waals surface area contributed by atoms with E-state index in [9.17, 15) is 13.2 Å². The van der Waals surface area contributed by atoms with Gasteiger partial charge in [0.1, 0.15) is 0 Å². The molecule has 1 aliphatic rings. The molecule has 1 amide bonds. The molecule has 0 radical (unpaired) electrons. The minimum Gasteiger partial charge on any atom is -0.383 e. The molecule has 3 aromatic rings. The number of hydrogen-bond donors (Lipinski definition) is 0. The average Bonchev–Trinajstić information content (AvgIpc) is 3.23. The molecule has 2 heterocycles. The first-order chi connectivity index (χ1) is 15.4. The van der Waals surface area contributed by atoms with Crippen LogP contribution >= 0.6 is 11.3 Å². The number of carbonyl (C=O) groups is 1. The molecule has 0 saturated carbocycles. The second-order valence-electron chi connectivity index (χ2n) is 7.90. The number of fused-ring (bicyclic) bond motifs is 1. The highest BCUT2D eigenvalue weighted by Crippen LogP contribution is 2.30. The first-order valence-electron chi connectivity index (χ1n) is 10.7. The van der Waals surface area contributed by atoms with Crippen molar-refractivity contribution in [3.63, 3.8) is 0 Å². The van der Waals surface area contributed by atoms with Crippen LogP contribution in [0.25, 0.3) is 10.2 Å². The predicted molar refractivity (Wildman–Crippen MR) is 127 cm³/mol. The van der Waals surface area contributed by atoms with E-state index in [4.69, 9.17) is 4.74 Å². The summed E-state index contributed by atoms with van der Waals surface area (Å²) in [4.78, 5) is 19.7. The molecule has 7 nitrogen and oxygen atoms in total. The standard InChI is InChI=1S/C23H27N3O4S2/c1-17-7-5-6-14-26(17)32(28,29)19-12-10-18(11-13-19)22(27)25(15-16-30-2)23-24-20-8-3-4-9-21(20)31-23/h3-4,8-13,17H,5-7,14-16H2,1-2H3. The summed E-state index contributed by atoms with van der Waals surface area (Å²) in [6.07, 6.45) is 2.78. The third kappa shape index (κ3) is 4.56. The number of methoxy groups -OCH3 is 1. The number of ether oxygens (including phenoxy) is 1. The van der Waals surface area contributed by atoms with Gasteiger partial charge in [0.05, 0.1) is 28.3 Å². The van der Waals surface area contributed by atoms with Crippen molar-refractivity contribution in [2.24, 2.45) is 0 Å². The summed E-state index contributed by atoms with van der Waals surface area (Å²) in [7, 11) is -1.99. The number of rotatable bonds is 7. The van der Waals surface area contributed by atoms with Gasteiger partial charge in [-0.15, -0.1) is 0 Å². The molecular weight excluding hydrogens is 446 g/mol. The lowest BCUT2D eigenvalue weighted by molar-refractivity contribution is 0.0976. The lowest BCUT2D eigenvalue weighted by Gasteiger charge is -2.32. The molecule has 2 aromatic carbocycles. The van der Waals surface area contributed by atoms with Crippen LogP contribution in [0.1, 0.15) is 36.5 Å². The molecule has 1 saturated heterocycles. The highest BCUT2D eigenvalue weighted by molar-refractivity contribution is 7.89. The lowest BCUT2D eigenvalue weighted by atomic mass is 10.1. The van der Waals surface area contributed by atoms with Crippen molar-refractivity contribution in [3.05, 3.63) is 54.1 Å². The number of para-hydroxylation sites is 1. The van der Waals surface area contributed by atoms with Crippen LogP contribution in [-0.4, -0.2) is 56.5 Å². The fraction of sp³-hybridized carbons (Fsp3) is 0.391. The summed E-state index contributed by atoms with van der Waals surface area (Å²) >= 11 is 1.44. The van der Waals surface area contributed by atoms with Crippen molar-refractivity contribution in [2.75, 3.05) is 31.7 Å². The molecule has 9 heteroatoms. The number of aromatic nitrogens is 1. The van der Waals surface area contributed by atoms with Crippen molar-refractivity contribution >= 4 is 42.6 Å². The van der Waals surface area contributed by atoms with Crippen LogP contribution in [0.15, 0.2) is 53.4 Å². The number of nitrogens with zero attached hydrogens (tertiary/aromatic N) is 3. The quantitative estimate of drug-likeness (QED) is 0.515. The zero-order valence-electron chi connectivity index (χ0n) is 18.2. The number of piperidine rings is 1. The van der Waals surface area contributed by atoms with Gasteiger partial charge in [-0.05, 0) is 56.2 Å². The second-order valence-corrected chi connectivity index (χ2v) is 10.8. The summed E-state index contributed by atoms with van der Waals surface area (Å²) in [5.41, 5.74) is 1.24. The van der Waals surface area contributed by atoms with E-state index in [1.54, 1.807) is 28.4 Å². The van der Waals surface area contributed by atoms with Crippen LogP contribution in [0.5, 0.6) is 0 Å². The maximum atomic E-state index is 13.3. The molecule has 1 fully saturated rings. The number of carbonyl (C=O) groups excluding carboxylic acids is 1. The van der Waals surface area contributed by atoms with Crippen molar-refractivity contribution in [1.82, 2.24) is 9.29 Å². The number of benzene rings is 2. The molecule has 32 heavy (non-hydrogen) atoms. The molecule has 170 valence electrons. The smallest absolute Gasteiger partial charge is 0.260 e. The maximum absolute atomic E-state index is 13.3. The Kier molecular flexibility index (Phi) is 6.90. The van der Waals surface area contributed by atoms with Crippen LogP contribution in [0.2, 0.25) is 0 Å². The minimum absolute atomic E-state index is 0.0152. The van der Waals surface area contributed by atoms with Gasteiger partial charge in [-0.2, -0.15) is 4.31 Å². The van der Waals surface area contributed by atoms with Gasteiger partial charge >= 0.3 is 0 Å². The Morgan fingerprint density at radius 2 is 1.94 bits per heavy atom. The molecule has 1 aromatic heterocycles. The van der Waals surface area contributed by atoms with E-state index < -0.39 is 10.0 Å². The number of anilines is 1. The molecule has 1 atom stereocenters. The first kappa shape index (κ1) is 22.8. The maximum Gasteiger partial charge on any atom is 0.260 e. The Hall–Kier alpha value is -2.33. The Morgan fingerprint density at radius 1 is 1.19 bits per heavy atom. The normalized spacial score (nSPS) is 17.5. The van der Waals surface area contributed by atoms with Gasteiger partial charge in [0.15, 0.2) is 5.13 Å². The van der Waals surface area contributed by atoms with E-state index in [1.165, 1.54) is 23.5 Å². The highest BCUT2D eigenvalue weighted by atomic mass is 32.2. The SMILES string of the molecule is COCCN(C(=O)c1ccc(S(=O)(=O)N2CCCCC2C)cc1)c1nc2ccccc2s1. The van der Waals surface area contributed by atoms with Gasteiger partial charge in [-0.1, -0.05) is 29.9 Å². The van der Waals surface area contributed by atoms with E-state index in [1.807, 2.05) is 31.2 Å². The Labute approximate surface area is 192 Å². The van der Waals surface area contributed by atoms with E-state index in [0.717, 1.165) is 29.5 Å².